The lowest BCUT2D eigenvalue weighted by atomic mass is 9.96. The molecule has 3 N–H and O–H groups in total. The summed E-state index contributed by atoms with van der Waals surface area (Å²) in [5, 5.41) is 6.28. The Bertz CT molecular complexity index is 812. The highest BCUT2D eigenvalue weighted by atomic mass is 127. The first kappa shape index (κ1) is 25.3. The summed E-state index contributed by atoms with van der Waals surface area (Å²) in [7, 11) is -1.74. The zero-order valence-electron chi connectivity index (χ0n) is 17.3. The normalized spacial score (nSPS) is 20.9. The fourth-order valence-corrected chi connectivity index (χ4v) is 4.53. The predicted octanol–water partition coefficient (Wildman–Crippen LogP) is 2.13. The van der Waals surface area contributed by atoms with E-state index in [1.165, 1.54) is 6.07 Å². The summed E-state index contributed by atoms with van der Waals surface area (Å²) >= 11 is 0. The molecule has 0 spiro atoms. The van der Waals surface area contributed by atoms with Gasteiger partial charge in [0, 0.05) is 38.7 Å². The number of hydrogen-bond donors (Lipinski definition) is 3. The van der Waals surface area contributed by atoms with Crippen molar-refractivity contribution < 1.29 is 17.5 Å². The lowest BCUT2D eigenvalue weighted by Gasteiger charge is -2.22. The minimum atomic E-state index is -3.38. The Hall–Kier alpha value is -0.980. The first-order valence-electron chi connectivity index (χ1n) is 10.2. The Balaban J connectivity index is 0.00000320. The monoisotopic (exact) mass is 554 g/mol. The zero-order chi connectivity index (χ0) is 20.7. The van der Waals surface area contributed by atoms with Crippen molar-refractivity contribution in [3.8, 4) is 0 Å². The average Bonchev–Trinajstić information content (AvgIpc) is 3.51. The van der Waals surface area contributed by atoms with Gasteiger partial charge in [0.15, 0.2) is 5.96 Å². The number of ether oxygens (including phenoxy) is 1. The van der Waals surface area contributed by atoms with Crippen LogP contribution in [0.2, 0.25) is 0 Å². The van der Waals surface area contributed by atoms with Gasteiger partial charge < -0.3 is 15.4 Å². The van der Waals surface area contributed by atoms with E-state index < -0.39 is 10.0 Å². The highest BCUT2D eigenvalue weighted by Gasteiger charge is 2.44. The van der Waals surface area contributed by atoms with Crippen LogP contribution in [0.5, 0.6) is 0 Å². The van der Waals surface area contributed by atoms with Gasteiger partial charge in [-0.15, -0.1) is 24.0 Å². The molecule has 1 saturated heterocycles. The third-order valence-electron chi connectivity index (χ3n) is 5.58. The fraction of sp³-hybridized carbons (Fsp3) is 0.650. The molecule has 1 aromatic rings. The van der Waals surface area contributed by atoms with Gasteiger partial charge in [-0.2, -0.15) is 0 Å². The quantitative estimate of drug-likeness (QED) is 0.247. The first-order valence-corrected chi connectivity index (χ1v) is 11.9. The molecule has 1 unspecified atom stereocenters. The molecule has 30 heavy (non-hydrogen) atoms. The number of halogens is 2. The Morgan fingerprint density at radius 3 is 2.73 bits per heavy atom. The molecule has 1 saturated carbocycles. The van der Waals surface area contributed by atoms with E-state index in [2.05, 4.69) is 20.3 Å². The van der Waals surface area contributed by atoms with Crippen LogP contribution in [0.25, 0.3) is 0 Å². The topological polar surface area (TPSA) is 91.8 Å². The highest BCUT2D eigenvalue weighted by Crippen LogP contribution is 2.47. The van der Waals surface area contributed by atoms with E-state index in [9.17, 15) is 12.8 Å². The third kappa shape index (κ3) is 7.61. The predicted molar refractivity (Wildman–Crippen MR) is 127 cm³/mol. The second-order valence-corrected chi connectivity index (χ2v) is 9.73. The van der Waals surface area contributed by atoms with Crippen LogP contribution >= 0.6 is 24.0 Å². The van der Waals surface area contributed by atoms with Crippen molar-refractivity contribution >= 4 is 40.0 Å². The molecule has 170 valence electrons. The summed E-state index contributed by atoms with van der Waals surface area (Å²) in [5.74, 6) is 0.265. The van der Waals surface area contributed by atoms with E-state index >= 15 is 0 Å². The van der Waals surface area contributed by atoms with E-state index in [0.717, 1.165) is 37.7 Å². The largest absolute Gasteiger partial charge is 0.377 e. The van der Waals surface area contributed by atoms with Crippen molar-refractivity contribution in [1.29, 1.82) is 0 Å². The van der Waals surface area contributed by atoms with E-state index in [1.54, 1.807) is 19.2 Å². The van der Waals surface area contributed by atoms with Gasteiger partial charge in [0.2, 0.25) is 10.0 Å². The minimum absolute atomic E-state index is 0. The molecule has 7 nitrogen and oxygen atoms in total. The van der Waals surface area contributed by atoms with Crippen LogP contribution in [0.1, 0.15) is 37.7 Å². The van der Waals surface area contributed by atoms with Crippen molar-refractivity contribution in [2.24, 2.45) is 4.99 Å². The molecule has 1 heterocycles. The van der Waals surface area contributed by atoms with E-state index in [-0.39, 0.29) is 53.6 Å². The zero-order valence-corrected chi connectivity index (χ0v) is 20.5. The number of aliphatic imine (C=N–C) groups is 1. The molecule has 1 aliphatic carbocycles. The van der Waals surface area contributed by atoms with Gasteiger partial charge in [-0.1, -0.05) is 12.1 Å². The molecule has 0 bridgehead atoms. The Kier molecular flexibility index (Phi) is 9.76. The van der Waals surface area contributed by atoms with Gasteiger partial charge in [0.05, 0.1) is 11.9 Å². The van der Waals surface area contributed by atoms with Gasteiger partial charge in [0.25, 0.3) is 0 Å². The SMILES string of the molecule is CN=C(NCCS(=O)(=O)NCC1CCCCO1)NCC1(c2cccc(F)c2)CC1.I. The molecule has 0 radical (unpaired) electrons. The lowest BCUT2D eigenvalue weighted by molar-refractivity contribution is 0.0200. The van der Waals surface area contributed by atoms with E-state index in [1.807, 2.05) is 6.07 Å². The number of sulfonamides is 1. The molecule has 1 aliphatic heterocycles. The number of nitrogens with one attached hydrogen (secondary N) is 3. The first-order chi connectivity index (χ1) is 13.9. The maximum absolute atomic E-state index is 13.5. The van der Waals surface area contributed by atoms with Gasteiger partial charge in [-0.25, -0.2) is 17.5 Å². The standard InChI is InChI=1S/C20H31FN4O3S.HI/c1-22-19(24-15-20(8-9-20)16-5-4-6-17(21)13-16)23-10-12-29(26,27)25-14-18-7-2-3-11-28-18;/h4-6,13,18,25H,2-3,7-12,14-15H2,1H3,(H2,22,23,24);1H. The summed E-state index contributed by atoms with van der Waals surface area (Å²) in [4.78, 5) is 4.15. The third-order valence-corrected chi connectivity index (χ3v) is 6.92. The maximum atomic E-state index is 13.5. The van der Waals surface area contributed by atoms with Crippen molar-refractivity contribution in [1.82, 2.24) is 15.4 Å². The van der Waals surface area contributed by atoms with Crippen LogP contribution < -0.4 is 15.4 Å². The van der Waals surface area contributed by atoms with Crippen molar-refractivity contribution in [3.63, 3.8) is 0 Å². The molecule has 1 aromatic carbocycles. The second kappa shape index (κ2) is 11.6. The number of rotatable bonds is 9. The van der Waals surface area contributed by atoms with Gasteiger partial charge in [-0.05, 0) is 49.8 Å². The highest BCUT2D eigenvalue weighted by molar-refractivity contribution is 14.0. The van der Waals surface area contributed by atoms with E-state index in [4.69, 9.17) is 4.74 Å². The average molecular weight is 554 g/mol. The van der Waals surface area contributed by atoms with Crippen LogP contribution in [0.15, 0.2) is 29.3 Å². The molecular weight excluding hydrogens is 522 g/mol. The number of hydrogen-bond acceptors (Lipinski definition) is 4. The molecule has 3 rings (SSSR count). The molecule has 0 amide bonds. The minimum Gasteiger partial charge on any atom is -0.377 e. The van der Waals surface area contributed by atoms with E-state index in [0.29, 0.717) is 25.7 Å². The van der Waals surface area contributed by atoms with Gasteiger partial charge in [0.1, 0.15) is 5.82 Å². The Morgan fingerprint density at radius 2 is 2.10 bits per heavy atom. The molecule has 1 atom stereocenters. The van der Waals surface area contributed by atoms with Crippen molar-refractivity contribution in [2.45, 2.75) is 43.6 Å². The summed E-state index contributed by atoms with van der Waals surface area (Å²) in [6.07, 6.45) is 4.96. The molecular formula is C20H32FIN4O3S. The summed E-state index contributed by atoms with van der Waals surface area (Å²) in [6.45, 7) is 1.90. The molecule has 10 heteroatoms. The van der Waals surface area contributed by atoms with Crippen molar-refractivity contribution in [3.05, 3.63) is 35.6 Å². The van der Waals surface area contributed by atoms with Gasteiger partial charge >= 0.3 is 0 Å². The molecule has 2 aliphatic rings. The number of nitrogens with zero attached hydrogens (tertiary/aromatic N) is 1. The lowest BCUT2D eigenvalue weighted by Crippen LogP contribution is -2.44. The Labute approximate surface area is 195 Å². The summed E-state index contributed by atoms with van der Waals surface area (Å²) < 4.78 is 46.1. The van der Waals surface area contributed by atoms with Crippen LogP contribution in [-0.4, -0.2) is 59.5 Å². The molecule has 2 fully saturated rings. The van der Waals surface area contributed by atoms with Crippen LogP contribution in [-0.2, 0) is 20.2 Å². The molecule has 0 aromatic heterocycles. The van der Waals surface area contributed by atoms with Crippen LogP contribution in [0.3, 0.4) is 0 Å². The second-order valence-electron chi connectivity index (χ2n) is 7.80. The Morgan fingerprint density at radius 1 is 1.30 bits per heavy atom. The maximum Gasteiger partial charge on any atom is 0.213 e. The number of benzene rings is 1. The summed E-state index contributed by atoms with van der Waals surface area (Å²) in [6, 6.07) is 6.71. The van der Waals surface area contributed by atoms with Crippen LogP contribution in [0.4, 0.5) is 4.39 Å². The van der Waals surface area contributed by atoms with Crippen molar-refractivity contribution in [2.75, 3.05) is 39.0 Å². The number of guanidine groups is 1. The van der Waals surface area contributed by atoms with Gasteiger partial charge in [-0.3, -0.25) is 4.99 Å². The summed E-state index contributed by atoms with van der Waals surface area (Å²) in [5.41, 5.74) is 0.907. The van der Waals surface area contributed by atoms with Crippen LogP contribution in [0, 0.1) is 5.82 Å². The fourth-order valence-electron chi connectivity index (χ4n) is 3.57. The smallest absolute Gasteiger partial charge is 0.213 e.